The lowest BCUT2D eigenvalue weighted by atomic mass is 9.68. The van der Waals surface area contributed by atoms with Gasteiger partial charge in [-0.15, -0.1) is 0 Å². The first kappa shape index (κ1) is 21.3. The summed E-state index contributed by atoms with van der Waals surface area (Å²) in [6.07, 6.45) is 4.24. The van der Waals surface area contributed by atoms with Gasteiger partial charge in [0.25, 0.3) is 5.91 Å². The van der Waals surface area contributed by atoms with Crippen LogP contribution in [-0.4, -0.2) is 45.9 Å². The zero-order valence-electron chi connectivity index (χ0n) is 17.4. The number of rotatable bonds is 9. The van der Waals surface area contributed by atoms with Gasteiger partial charge in [-0.05, 0) is 43.4 Å². The second kappa shape index (κ2) is 10.4. The maximum absolute atomic E-state index is 12.9. The van der Waals surface area contributed by atoms with Crippen LogP contribution in [0.15, 0.2) is 54.6 Å². The maximum atomic E-state index is 12.9. The maximum Gasteiger partial charge on any atom is 0.255 e. The molecule has 29 heavy (non-hydrogen) atoms. The highest BCUT2D eigenvalue weighted by Gasteiger charge is 2.37. The van der Waals surface area contributed by atoms with Crippen molar-refractivity contribution in [3.05, 3.63) is 65.7 Å². The molecular weight excluding hydrogens is 364 g/mol. The number of carbonyl (C=O) groups excluding carboxylic acids is 1. The van der Waals surface area contributed by atoms with Gasteiger partial charge in [-0.2, -0.15) is 0 Å². The average molecular weight is 397 g/mol. The van der Waals surface area contributed by atoms with E-state index in [0.717, 1.165) is 38.8 Å². The molecule has 0 saturated heterocycles. The Labute approximate surface area is 173 Å². The summed E-state index contributed by atoms with van der Waals surface area (Å²) in [6, 6.07) is 18.5. The van der Waals surface area contributed by atoms with E-state index in [-0.39, 0.29) is 11.3 Å². The number of hydrogen-bond donors (Lipinski definition) is 2. The van der Waals surface area contributed by atoms with Crippen LogP contribution in [0.1, 0.15) is 41.6 Å². The predicted octanol–water partition coefficient (Wildman–Crippen LogP) is 3.54. The molecule has 0 spiro atoms. The molecule has 0 unspecified atom stereocenters. The second-order valence-electron chi connectivity index (χ2n) is 7.75. The Hall–Kier alpha value is -2.37. The standard InChI is InChI=1S/C24H32N2O3/c1-28-17-16-25-20-12-14-24(15-13-20,19-8-4-3-5-9-19)18-26-23(27)21-10-6-7-11-22(21)29-2/h3-11,20,25H,12-18H2,1-2H3,(H,26,27). The molecule has 1 saturated carbocycles. The molecule has 0 atom stereocenters. The highest BCUT2D eigenvalue weighted by molar-refractivity contribution is 5.96. The highest BCUT2D eigenvalue weighted by Crippen LogP contribution is 2.39. The molecule has 1 amide bonds. The SMILES string of the molecule is COCCNC1CCC(CNC(=O)c2ccccc2OC)(c2ccccc2)CC1. The van der Waals surface area contributed by atoms with E-state index >= 15 is 0 Å². The molecule has 5 nitrogen and oxygen atoms in total. The van der Waals surface area contributed by atoms with Crippen LogP contribution in [-0.2, 0) is 10.2 Å². The number of benzene rings is 2. The quantitative estimate of drug-likeness (QED) is 0.637. The van der Waals surface area contributed by atoms with E-state index in [1.807, 2.05) is 24.3 Å². The van der Waals surface area contributed by atoms with E-state index < -0.39 is 0 Å². The summed E-state index contributed by atoms with van der Waals surface area (Å²) in [5, 5.41) is 6.78. The molecule has 0 bridgehead atoms. The van der Waals surface area contributed by atoms with Gasteiger partial charge in [0, 0.05) is 31.7 Å². The third-order valence-electron chi connectivity index (χ3n) is 6.01. The van der Waals surface area contributed by atoms with Crippen molar-refractivity contribution in [1.82, 2.24) is 10.6 Å². The molecule has 0 radical (unpaired) electrons. The Kier molecular flexibility index (Phi) is 7.67. The first-order valence-corrected chi connectivity index (χ1v) is 10.4. The van der Waals surface area contributed by atoms with Crippen molar-refractivity contribution >= 4 is 5.91 Å². The van der Waals surface area contributed by atoms with Crippen molar-refractivity contribution in [3.63, 3.8) is 0 Å². The van der Waals surface area contributed by atoms with Crippen LogP contribution in [0.5, 0.6) is 5.75 Å². The minimum absolute atomic E-state index is 0.0433. The summed E-state index contributed by atoms with van der Waals surface area (Å²) in [7, 11) is 3.32. The monoisotopic (exact) mass is 396 g/mol. The van der Waals surface area contributed by atoms with Crippen LogP contribution in [0, 0.1) is 0 Å². The summed E-state index contributed by atoms with van der Waals surface area (Å²) in [6.45, 7) is 2.23. The first-order valence-electron chi connectivity index (χ1n) is 10.4. The van der Waals surface area contributed by atoms with Gasteiger partial charge < -0.3 is 20.1 Å². The lowest BCUT2D eigenvalue weighted by Crippen LogP contribution is -2.47. The number of hydrogen-bond acceptors (Lipinski definition) is 4. The Morgan fingerprint density at radius 1 is 1.03 bits per heavy atom. The number of carbonyl (C=O) groups is 1. The third kappa shape index (κ3) is 5.37. The summed E-state index contributed by atoms with van der Waals surface area (Å²) in [5.41, 5.74) is 1.84. The molecule has 3 rings (SSSR count). The number of para-hydroxylation sites is 1. The molecule has 5 heteroatoms. The lowest BCUT2D eigenvalue weighted by Gasteiger charge is -2.41. The molecule has 0 heterocycles. The fraction of sp³-hybridized carbons (Fsp3) is 0.458. The van der Waals surface area contributed by atoms with Gasteiger partial charge >= 0.3 is 0 Å². The van der Waals surface area contributed by atoms with Gasteiger partial charge in [-0.1, -0.05) is 42.5 Å². The third-order valence-corrected chi connectivity index (χ3v) is 6.01. The number of ether oxygens (including phenoxy) is 2. The van der Waals surface area contributed by atoms with Crippen molar-refractivity contribution in [2.75, 3.05) is 33.9 Å². The number of amides is 1. The topological polar surface area (TPSA) is 59.6 Å². The van der Waals surface area contributed by atoms with Crippen molar-refractivity contribution < 1.29 is 14.3 Å². The van der Waals surface area contributed by atoms with Crippen LogP contribution in [0.4, 0.5) is 0 Å². The molecule has 2 aromatic rings. The van der Waals surface area contributed by atoms with E-state index in [2.05, 4.69) is 34.9 Å². The van der Waals surface area contributed by atoms with Crippen molar-refractivity contribution in [2.45, 2.75) is 37.1 Å². The van der Waals surface area contributed by atoms with Crippen LogP contribution in [0.3, 0.4) is 0 Å². The molecule has 0 aromatic heterocycles. The summed E-state index contributed by atoms with van der Waals surface area (Å²) in [5.74, 6) is 0.517. The van der Waals surface area contributed by atoms with Gasteiger partial charge in [0.1, 0.15) is 5.75 Å². The van der Waals surface area contributed by atoms with E-state index in [9.17, 15) is 4.79 Å². The van der Waals surface area contributed by atoms with Crippen LogP contribution < -0.4 is 15.4 Å². The minimum atomic E-state index is -0.0851. The fourth-order valence-corrected chi connectivity index (χ4v) is 4.28. The van der Waals surface area contributed by atoms with E-state index in [0.29, 0.717) is 23.9 Å². The zero-order chi connectivity index (χ0) is 20.5. The van der Waals surface area contributed by atoms with Gasteiger partial charge in [0.15, 0.2) is 0 Å². The average Bonchev–Trinajstić information content (AvgIpc) is 2.79. The van der Waals surface area contributed by atoms with Crippen LogP contribution in [0.25, 0.3) is 0 Å². The van der Waals surface area contributed by atoms with Crippen molar-refractivity contribution in [2.24, 2.45) is 0 Å². The lowest BCUT2D eigenvalue weighted by molar-refractivity contribution is 0.0931. The Morgan fingerprint density at radius 3 is 2.41 bits per heavy atom. The van der Waals surface area contributed by atoms with Crippen LogP contribution >= 0.6 is 0 Å². The molecule has 0 aliphatic heterocycles. The van der Waals surface area contributed by atoms with E-state index in [1.54, 1.807) is 20.3 Å². The largest absolute Gasteiger partial charge is 0.496 e. The zero-order valence-corrected chi connectivity index (χ0v) is 17.4. The smallest absolute Gasteiger partial charge is 0.255 e. The van der Waals surface area contributed by atoms with Crippen molar-refractivity contribution in [3.8, 4) is 5.75 Å². The Bertz CT molecular complexity index is 771. The summed E-state index contributed by atoms with van der Waals surface area (Å²) < 4.78 is 10.5. The minimum Gasteiger partial charge on any atom is -0.496 e. The van der Waals surface area contributed by atoms with E-state index in [4.69, 9.17) is 9.47 Å². The summed E-state index contributed by atoms with van der Waals surface area (Å²) in [4.78, 5) is 12.9. The molecule has 1 aliphatic carbocycles. The number of nitrogens with one attached hydrogen (secondary N) is 2. The summed E-state index contributed by atoms with van der Waals surface area (Å²) >= 11 is 0. The number of methoxy groups -OCH3 is 2. The molecular formula is C24H32N2O3. The van der Waals surface area contributed by atoms with Gasteiger partial charge in [-0.3, -0.25) is 4.79 Å². The highest BCUT2D eigenvalue weighted by atomic mass is 16.5. The fourth-order valence-electron chi connectivity index (χ4n) is 4.28. The van der Waals surface area contributed by atoms with Gasteiger partial charge in [-0.25, -0.2) is 0 Å². The van der Waals surface area contributed by atoms with Gasteiger partial charge in [0.05, 0.1) is 19.3 Å². The second-order valence-corrected chi connectivity index (χ2v) is 7.75. The molecule has 1 fully saturated rings. The first-order chi connectivity index (χ1) is 14.2. The predicted molar refractivity (Wildman–Crippen MR) is 116 cm³/mol. The Morgan fingerprint density at radius 2 is 1.72 bits per heavy atom. The van der Waals surface area contributed by atoms with E-state index in [1.165, 1.54) is 5.56 Å². The van der Waals surface area contributed by atoms with Crippen LogP contribution in [0.2, 0.25) is 0 Å². The van der Waals surface area contributed by atoms with Crippen molar-refractivity contribution in [1.29, 1.82) is 0 Å². The Balaban J connectivity index is 1.70. The van der Waals surface area contributed by atoms with Gasteiger partial charge in [0.2, 0.25) is 0 Å². The molecule has 156 valence electrons. The normalized spacial score (nSPS) is 21.5. The molecule has 2 N–H and O–H groups in total. The molecule has 1 aliphatic rings. The molecule has 2 aromatic carbocycles.